The van der Waals surface area contributed by atoms with Crippen molar-refractivity contribution in [2.75, 3.05) is 45.9 Å². The van der Waals surface area contributed by atoms with E-state index < -0.39 is 6.10 Å². The fraction of sp³-hybridized carbons (Fsp3) is 0.700. The van der Waals surface area contributed by atoms with Crippen LogP contribution in [0, 0.1) is 0 Å². The van der Waals surface area contributed by atoms with Gasteiger partial charge in [0.1, 0.15) is 24.2 Å². The van der Waals surface area contributed by atoms with Crippen LogP contribution in [-0.2, 0) is 0 Å². The lowest BCUT2D eigenvalue weighted by Crippen LogP contribution is -2.46. The van der Waals surface area contributed by atoms with Crippen molar-refractivity contribution < 1.29 is 14.6 Å². The Morgan fingerprint density at radius 3 is 2.20 bits per heavy atom. The molecule has 0 amide bonds. The molecule has 0 aliphatic carbocycles. The molecular weight excluding hydrogens is 316 g/mol. The van der Waals surface area contributed by atoms with Crippen molar-refractivity contribution in [2.45, 2.75) is 44.8 Å². The van der Waals surface area contributed by atoms with Crippen molar-refractivity contribution in [3.8, 4) is 11.5 Å². The Kier molecular flexibility index (Phi) is 6.96. The Labute approximate surface area is 151 Å². The van der Waals surface area contributed by atoms with E-state index in [-0.39, 0.29) is 0 Å². The topological polar surface area (TPSA) is 45.2 Å². The molecule has 1 aromatic carbocycles. The van der Waals surface area contributed by atoms with E-state index in [4.69, 9.17) is 9.47 Å². The minimum absolute atomic E-state index is 0.333. The van der Waals surface area contributed by atoms with E-state index in [9.17, 15) is 5.11 Å². The summed E-state index contributed by atoms with van der Waals surface area (Å²) in [5.41, 5.74) is 0. The lowest BCUT2D eigenvalue weighted by atomic mass is 10.0. The summed E-state index contributed by atoms with van der Waals surface area (Å²) in [6.45, 7) is 8.39. The quantitative estimate of drug-likeness (QED) is 0.781. The summed E-state index contributed by atoms with van der Waals surface area (Å²) >= 11 is 0. The summed E-state index contributed by atoms with van der Waals surface area (Å²) in [5.74, 6) is 1.62. The van der Waals surface area contributed by atoms with Crippen molar-refractivity contribution in [1.82, 2.24) is 9.80 Å². The highest BCUT2D eigenvalue weighted by Crippen LogP contribution is 2.21. The molecule has 1 aromatic rings. The van der Waals surface area contributed by atoms with Gasteiger partial charge in [0.25, 0.3) is 0 Å². The van der Waals surface area contributed by atoms with Crippen LogP contribution < -0.4 is 9.47 Å². The SMILES string of the molecule is CCOc1ccc(OCC(O)CN2CCC(N3CCCC3)CC2)cc1. The molecule has 2 heterocycles. The smallest absolute Gasteiger partial charge is 0.119 e. The molecular formula is C20H32N2O3. The van der Waals surface area contributed by atoms with Crippen LogP contribution in [-0.4, -0.2) is 73.0 Å². The van der Waals surface area contributed by atoms with Gasteiger partial charge in [0.2, 0.25) is 0 Å². The van der Waals surface area contributed by atoms with Crippen LogP contribution in [0.15, 0.2) is 24.3 Å². The van der Waals surface area contributed by atoms with E-state index >= 15 is 0 Å². The maximum Gasteiger partial charge on any atom is 0.119 e. The zero-order chi connectivity index (χ0) is 17.5. The highest BCUT2D eigenvalue weighted by atomic mass is 16.5. The molecule has 0 bridgehead atoms. The number of rotatable bonds is 8. The van der Waals surface area contributed by atoms with Crippen molar-refractivity contribution in [2.24, 2.45) is 0 Å². The van der Waals surface area contributed by atoms with Gasteiger partial charge in [-0.15, -0.1) is 0 Å². The molecule has 5 nitrogen and oxygen atoms in total. The molecule has 3 rings (SSSR count). The van der Waals surface area contributed by atoms with Gasteiger partial charge in [-0.3, -0.25) is 0 Å². The zero-order valence-corrected chi connectivity index (χ0v) is 15.4. The summed E-state index contributed by atoms with van der Waals surface area (Å²) in [6.07, 6.45) is 4.73. The molecule has 0 aromatic heterocycles. The molecule has 25 heavy (non-hydrogen) atoms. The third kappa shape index (κ3) is 5.59. The molecule has 0 spiro atoms. The first-order valence-electron chi connectivity index (χ1n) is 9.74. The van der Waals surface area contributed by atoms with Gasteiger partial charge in [-0.25, -0.2) is 0 Å². The minimum Gasteiger partial charge on any atom is -0.494 e. The molecule has 2 aliphatic rings. The summed E-state index contributed by atoms with van der Waals surface area (Å²) < 4.78 is 11.1. The Hall–Kier alpha value is -1.30. The predicted octanol–water partition coefficient (Wildman–Crippen LogP) is 2.39. The molecule has 140 valence electrons. The first-order valence-corrected chi connectivity index (χ1v) is 9.74. The Morgan fingerprint density at radius 2 is 1.60 bits per heavy atom. The van der Waals surface area contributed by atoms with E-state index in [1.807, 2.05) is 31.2 Å². The lowest BCUT2D eigenvalue weighted by Gasteiger charge is -2.37. The number of aliphatic hydroxyl groups is 1. The average molecular weight is 348 g/mol. The third-order valence-corrected chi connectivity index (χ3v) is 5.26. The Balaban J connectivity index is 1.34. The van der Waals surface area contributed by atoms with Crippen LogP contribution in [0.4, 0.5) is 0 Å². The summed E-state index contributed by atoms with van der Waals surface area (Å²) in [7, 11) is 0. The van der Waals surface area contributed by atoms with Gasteiger partial charge in [0, 0.05) is 12.6 Å². The molecule has 1 N–H and O–H groups in total. The van der Waals surface area contributed by atoms with Crippen molar-refractivity contribution in [1.29, 1.82) is 0 Å². The first-order chi connectivity index (χ1) is 12.2. The van der Waals surface area contributed by atoms with Crippen LogP contribution >= 0.6 is 0 Å². The first kappa shape index (κ1) is 18.5. The number of aliphatic hydroxyl groups excluding tert-OH is 1. The van der Waals surface area contributed by atoms with Crippen LogP contribution in [0.1, 0.15) is 32.6 Å². The van der Waals surface area contributed by atoms with Crippen molar-refractivity contribution >= 4 is 0 Å². The Bertz CT molecular complexity index is 494. The van der Waals surface area contributed by atoms with E-state index in [1.165, 1.54) is 38.8 Å². The molecule has 1 atom stereocenters. The average Bonchev–Trinajstić information content (AvgIpc) is 3.17. The van der Waals surface area contributed by atoms with E-state index in [1.54, 1.807) is 0 Å². The monoisotopic (exact) mass is 348 g/mol. The molecule has 2 saturated heterocycles. The van der Waals surface area contributed by atoms with E-state index in [0.717, 1.165) is 30.6 Å². The summed E-state index contributed by atoms with van der Waals surface area (Å²) in [6, 6.07) is 8.33. The summed E-state index contributed by atoms with van der Waals surface area (Å²) in [5, 5.41) is 10.3. The highest BCUT2D eigenvalue weighted by Gasteiger charge is 2.27. The molecule has 2 fully saturated rings. The molecule has 5 heteroatoms. The maximum atomic E-state index is 10.3. The zero-order valence-electron chi connectivity index (χ0n) is 15.4. The minimum atomic E-state index is -0.449. The second-order valence-electron chi connectivity index (χ2n) is 7.14. The van der Waals surface area contributed by atoms with Gasteiger partial charge in [0.15, 0.2) is 0 Å². The number of benzene rings is 1. The normalized spacial score (nSPS) is 21.4. The van der Waals surface area contributed by atoms with E-state index in [2.05, 4.69) is 9.80 Å². The Morgan fingerprint density at radius 1 is 1.00 bits per heavy atom. The van der Waals surface area contributed by atoms with Gasteiger partial charge in [-0.1, -0.05) is 0 Å². The number of likely N-dealkylation sites (tertiary alicyclic amines) is 2. The fourth-order valence-electron chi connectivity index (χ4n) is 3.92. The molecule has 1 unspecified atom stereocenters. The van der Waals surface area contributed by atoms with Crippen LogP contribution in [0.2, 0.25) is 0 Å². The van der Waals surface area contributed by atoms with Gasteiger partial charge in [-0.2, -0.15) is 0 Å². The van der Waals surface area contributed by atoms with Crippen molar-refractivity contribution in [3.63, 3.8) is 0 Å². The van der Waals surface area contributed by atoms with Gasteiger partial charge in [0.05, 0.1) is 6.61 Å². The maximum absolute atomic E-state index is 10.3. The largest absolute Gasteiger partial charge is 0.494 e. The van der Waals surface area contributed by atoms with Gasteiger partial charge < -0.3 is 24.4 Å². The number of β-amino-alcohol motifs (C(OH)–C–C–N with tert-alkyl or cyclic N) is 1. The fourth-order valence-corrected chi connectivity index (χ4v) is 3.92. The van der Waals surface area contributed by atoms with Crippen LogP contribution in [0.25, 0.3) is 0 Å². The number of piperidine rings is 1. The lowest BCUT2D eigenvalue weighted by molar-refractivity contribution is 0.0476. The van der Waals surface area contributed by atoms with Gasteiger partial charge in [-0.05, 0) is 83.1 Å². The van der Waals surface area contributed by atoms with E-state index in [0.29, 0.717) is 19.8 Å². The molecule has 0 saturated carbocycles. The highest BCUT2D eigenvalue weighted by molar-refractivity contribution is 5.31. The van der Waals surface area contributed by atoms with Crippen LogP contribution in [0.5, 0.6) is 11.5 Å². The predicted molar refractivity (Wildman–Crippen MR) is 99.4 cm³/mol. The van der Waals surface area contributed by atoms with Crippen molar-refractivity contribution in [3.05, 3.63) is 24.3 Å². The van der Waals surface area contributed by atoms with Gasteiger partial charge >= 0.3 is 0 Å². The number of hydrogen-bond donors (Lipinski definition) is 1. The third-order valence-electron chi connectivity index (χ3n) is 5.26. The molecule has 0 radical (unpaired) electrons. The summed E-state index contributed by atoms with van der Waals surface area (Å²) in [4.78, 5) is 5.03. The molecule has 2 aliphatic heterocycles. The van der Waals surface area contributed by atoms with Crippen LogP contribution in [0.3, 0.4) is 0 Å². The second-order valence-corrected chi connectivity index (χ2v) is 7.14. The standard InChI is InChI=1S/C20H32N2O3/c1-2-24-19-5-7-20(8-6-19)25-16-18(23)15-21-13-9-17(10-14-21)22-11-3-4-12-22/h5-8,17-18,23H,2-4,9-16H2,1H3. The number of hydrogen-bond acceptors (Lipinski definition) is 5. The number of nitrogens with zero attached hydrogens (tertiary/aromatic N) is 2. The number of ether oxygens (including phenoxy) is 2. The second kappa shape index (κ2) is 9.41.